The van der Waals surface area contributed by atoms with Crippen molar-refractivity contribution in [3.8, 4) is 0 Å². The lowest BCUT2D eigenvalue weighted by Crippen LogP contribution is -1.99. The summed E-state index contributed by atoms with van der Waals surface area (Å²) in [6.07, 6.45) is 2.52. The van der Waals surface area contributed by atoms with Gasteiger partial charge >= 0.3 is 0 Å². The quantitative estimate of drug-likeness (QED) is 0.737. The van der Waals surface area contributed by atoms with Gasteiger partial charge < -0.3 is 4.57 Å². The molecule has 1 heterocycles. The molecule has 0 spiro atoms. The number of aromatic nitrogens is 2. The molecule has 0 saturated heterocycles. The number of aryl methyl sites for hydroxylation is 1. The van der Waals surface area contributed by atoms with Crippen LogP contribution in [-0.2, 0) is 5.88 Å². The molecule has 1 aromatic rings. The number of imidazole rings is 1. The Balaban J connectivity index is 2.46. The van der Waals surface area contributed by atoms with Gasteiger partial charge in [-0.15, -0.1) is 11.6 Å². The Morgan fingerprint density at radius 1 is 1.67 bits per heavy atom. The van der Waals surface area contributed by atoms with Gasteiger partial charge in [-0.1, -0.05) is 0 Å². The molecule has 0 radical (unpaired) electrons. The molecule has 66 valence electrons. The van der Waals surface area contributed by atoms with E-state index in [-0.39, 0.29) is 0 Å². The van der Waals surface area contributed by atoms with Crippen molar-refractivity contribution in [1.82, 2.24) is 9.55 Å². The summed E-state index contributed by atoms with van der Waals surface area (Å²) >= 11 is 9.31. The van der Waals surface area contributed by atoms with Crippen molar-refractivity contribution in [2.75, 3.05) is 0 Å². The molecule has 0 N–H and O–H groups in total. The van der Waals surface area contributed by atoms with Crippen molar-refractivity contribution in [1.29, 1.82) is 0 Å². The van der Waals surface area contributed by atoms with E-state index < -0.39 is 0 Å². The maximum absolute atomic E-state index is 5.79. The lowest BCUT2D eigenvalue weighted by molar-refractivity contribution is 0.691. The zero-order valence-corrected chi connectivity index (χ0v) is 9.19. The van der Waals surface area contributed by atoms with Crippen LogP contribution >= 0.6 is 27.5 Å². The minimum atomic E-state index is 0.503. The molecule has 0 bridgehead atoms. The van der Waals surface area contributed by atoms with Gasteiger partial charge in [0.2, 0.25) is 0 Å². The molecule has 0 amide bonds. The van der Waals surface area contributed by atoms with Gasteiger partial charge in [-0.05, 0) is 35.7 Å². The first kappa shape index (κ1) is 8.57. The first-order valence-electron chi connectivity index (χ1n) is 4.03. The summed E-state index contributed by atoms with van der Waals surface area (Å²) in [5.41, 5.74) is 1.04. The standard InChI is InChI=1S/C8H10BrClN2/c1-5-8(9)12(6-2-3-6)7(4-10)11-5/h6H,2-4H2,1H3. The molecule has 0 aromatic carbocycles. The third-order valence-corrected chi connectivity index (χ3v) is 3.31. The van der Waals surface area contributed by atoms with Crippen LogP contribution in [-0.4, -0.2) is 9.55 Å². The van der Waals surface area contributed by atoms with E-state index in [9.17, 15) is 0 Å². The van der Waals surface area contributed by atoms with E-state index >= 15 is 0 Å². The molecule has 12 heavy (non-hydrogen) atoms. The Labute approximate surface area is 85.1 Å². The van der Waals surface area contributed by atoms with Crippen LogP contribution < -0.4 is 0 Å². The van der Waals surface area contributed by atoms with E-state index in [0.29, 0.717) is 11.9 Å². The normalized spacial score (nSPS) is 16.9. The van der Waals surface area contributed by atoms with Crippen LogP contribution in [0.25, 0.3) is 0 Å². The number of halogens is 2. The van der Waals surface area contributed by atoms with Gasteiger partial charge in [0.05, 0.1) is 11.6 Å². The summed E-state index contributed by atoms with van der Waals surface area (Å²) in [4.78, 5) is 4.37. The summed E-state index contributed by atoms with van der Waals surface area (Å²) in [6.45, 7) is 2.00. The van der Waals surface area contributed by atoms with Crippen LogP contribution in [0.5, 0.6) is 0 Å². The van der Waals surface area contributed by atoms with Crippen molar-refractivity contribution < 1.29 is 0 Å². The van der Waals surface area contributed by atoms with E-state index in [1.54, 1.807) is 0 Å². The third kappa shape index (κ3) is 1.29. The van der Waals surface area contributed by atoms with Gasteiger partial charge in [-0.3, -0.25) is 0 Å². The zero-order chi connectivity index (χ0) is 8.72. The lowest BCUT2D eigenvalue weighted by Gasteiger charge is -2.04. The van der Waals surface area contributed by atoms with E-state index in [2.05, 4.69) is 25.5 Å². The number of alkyl halides is 1. The van der Waals surface area contributed by atoms with Crippen LogP contribution in [0.3, 0.4) is 0 Å². The zero-order valence-electron chi connectivity index (χ0n) is 6.85. The fourth-order valence-corrected chi connectivity index (χ4v) is 2.15. The molecule has 0 atom stereocenters. The predicted molar refractivity (Wildman–Crippen MR) is 52.5 cm³/mol. The minimum Gasteiger partial charge on any atom is -0.318 e. The second kappa shape index (κ2) is 3.04. The highest BCUT2D eigenvalue weighted by Crippen LogP contribution is 2.39. The topological polar surface area (TPSA) is 17.8 Å². The third-order valence-electron chi connectivity index (χ3n) is 2.12. The Morgan fingerprint density at radius 3 is 2.83 bits per heavy atom. The average molecular weight is 250 g/mol. The summed E-state index contributed by atoms with van der Waals surface area (Å²) in [5.74, 6) is 1.49. The van der Waals surface area contributed by atoms with Crippen molar-refractivity contribution in [3.05, 3.63) is 16.1 Å². The second-order valence-electron chi connectivity index (χ2n) is 3.14. The highest BCUT2D eigenvalue weighted by Gasteiger charge is 2.28. The molecule has 4 heteroatoms. The molecule has 1 aliphatic rings. The average Bonchev–Trinajstić information content (AvgIpc) is 2.82. The van der Waals surface area contributed by atoms with Crippen molar-refractivity contribution >= 4 is 27.5 Å². The molecular weight excluding hydrogens is 239 g/mol. The predicted octanol–water partition coefficient (Wildman–Crippen LogP) is 3.03. The van der Waals surface area contributed by atoms with Crippen LogP contribution in [0, 0.1) is 6.92 Å². The fourth-order valence-electron chi connectivity index (χ4n) is 1.38. The Hall–Kier alpha value is -0.0200. The first-order valence-corrected chi connectivity index (χ1v) is 5.36. The van der Waals surface area contributed by atoms with E-state index in [1.165, 1.54) is 12.8 Å². The van der Waals surface area contributed by atoms with E-state index in [0.717, 1.165) is 16.1 Å². The summed E-state index contributed by atoms with van der Waals surface area (Å²) < 4.78 is 3.31. The van der Waals surface area contributed by atoms with E-state index in [1.807, 2.05) is 6.92 Å². The summed E-state index contributed by atoms with van der Waals surface area (Å²) in [5, 5.41) is 0. The Morgan fingerprint density at radius 2 is 2.33 bits per heavy atom. The molecule has 2 rings (SSSR count). The molecular formula is C8H10BrClN2. The van der Waals surface area contributed by atoms with Gasteiger partial charge in [0.25, 0.3) is 0 Å². The summed E-state index contributed by atoms with van der Waals surface area (Å²) in [6, 6.07) is 0.648. The highest BCUT2D eigenvalue weighted by molar-refractivity contribution is 9.10. The Kier molecular flexibility index (Phi) is 2.17. The van der Waals surface area contributed by atoms with Gasteiger partial charge in [0.15, 0.2) is 0 Å². The number of rotatable bonds is 2. The molecule has 0 aliphatic heterocycles. The maximum Gasteiger partial charge on any atom is 0.125 e. The van der Waals surface area contributed by atoms with Gasteiger partial charge in [-0.25, -0.2) is 4.98 Å². The van der Waals surface area contributed by atoms with Crippen LogP contribution in [0.15, 0.2) is 4.60 Å². The van der Waals surface area contributed by atoms with Gasteiger partial charge in [0, 0.05) is 6.04 Å². The minimum absolute atomic E-state index is 0.503. The van der Waals surface area contributed by atoms with Crippen molar-refractivity contribution in [2.45, 2.75) is 31.7 Å². The smallest absolute Gasteiger partial charge is 0.125 e. The lowest BCUT2D eigenvalue weighted by atomic mass is 10.5. The second-order valence-corrected chi connectivity index (χ2v) is 4.16. The largest absolute Gasteiger partial charge is 0.318 e. The van der Waals surface area contributed by atoms with E-state index in [4.69, 9.17) is 11.6 Å². The highest BCUT2D eigenvalue weighted by atomic mass is 79.9. The molecule has 1 aliphatic carbocycles. The number of hydrogen-bond acceptors (Lipinski definition) is 1. The molecule has 2 nitrogen and oxygen atoms in total. The van der Waals surface area contributed by atoms with Crippen LogP contribution in [0.4, 0.5) is 0 Å². The fraction of sp³-hybridized carbons (Fsp3) is 0.625. The molecule has 1 saturated carbocycles. The monoisotopic (exact) mass is 248 g/mol. The maximum atomic E-state index is 5.79. The van der Waals surface area contributed by atoms with Crippen LogP contribution in [0.1, 0.15) is 30.4 Å². The molecule has 1 aromatic heterocycles. The SMILES string of the molecule is Cc1nc(CCl)n(C2CC2)c1Br. The summed E-state index contributed by atoms with van der Waals surface area (Å²) in [7, 11) is 0. The van der Waals surface area contributed by atoms with Crippen molar-refractivity contribution in [2.24, 2.45) is 0 Å². The molecule has 0 unspecified atom stereocenters. The first-order chi connectivity index (χ1) is 5.74. The number of nitrogens with zero attached hydrogens (tertiary/aromatic N) is 2. The van der Waals surface area contributed by atoms with Crippen LogP contribution in [0.2, 0.25) is 0 Å². The van der Waals surface area contributed by atoms with Gasteiger partial charge in [0.1, 0.15) is 10.4 Å². The molecule has 1 fully saturated rings. The van der Waals surface area contributed by atoms with Gasteiger partial charge in [-0.2, -0.15) is 0 Å². The number of hydrogen-bond donors (Lipinski definition) is 0. The van der Waals surface area contributed by atoms with Crippen molar-refractivity contribution in [3.63, 3.8) is 0 Å². The Bertz CT molecular complexity index is 304.